The Kier molecular flexibility index (Phi) is 3.86. The van der Waals surface area contributed by atoms with Gasteiger partial charge in [-0.3, -0.25) is 4.79 Å². The molecule has 130 valence electrons. The summed E-state index contributed by atoms with van der Waals surface area (Å²) >= 11 is 0. The number of alkyl halides is 3. The van der Waals surface area contributed by atoms with E-state index in [0.29, 0.717) is 5.69 Å². The van der Waals surface area contributed by atoms with Gasteiger partial charge in [0.05, 0.1) is 0 Å². The molecule has 1 amide bonds. The summed E-state index contributed by atoms with van der Waals surface area (Å²) in [7, 11) is 0. The number of benzene rings is 1. The van der Waals surface area contributed by atoms with Gasteiger partial charge in [0.25, 0.3) is 5.91 Å². The first kappa shape index (κ1) is 16.8. The number of aromatic nitrogens is 1. The molecule has 1 aromatic carbocycles. The van der Waals surface area contributed by atoms with Crippen LogP contribution < -0.4 is 0 Å². The number of rotatable bonds is 1. The monoisotopic (exact) mass is 340 g/mol. The lowest BCUT2D eigenvalue weighted by atomic mass is 9.90. The van der Waals surface area contributed by atoms with E-state index in [-0.39, 0.29) is 19.0 Å². The van der Waals surface area contributed by atoms with Crippen molar-refractivity contribution in [3.63, 3.8) is 0 Å². The van der Waals surface area contributed by atoms with Crippen molar-refractivity contribution in [2.24, 2.45) is 0 Å². The molecule has 0 aliphatic carbocycles. The number of aromatic amines is 1. The molecule has 0 unspecified atom stereocenters. The van der Waals surface area contributed by atoms with Crippen LogP contribution in [0.2, 0.25) is 0 Å². The average molecular weight is 340 g/mol. The molecule has 1 aromatic heterocycles. The molecule has 1 fully saturated rings. The summed E-state index contributed by atoms with van der Waals surface area (Å²) in [6.45, 7) is 3.53. The van der Waals surface area contributed by atoms with Crippen molar-refractivity contribution >= 4 is 16.8 Å². The first-order valence-corrected chi connectivity index (χ1v) is 7.80. The fourth-order valence-corrected chi connectivity index (χ4v) is 3.18. The Labute approximate surface area is 137 Å². The van der Waals surface area contributed by atoms with Crippen LogP contribution in [-0.4, -0.2) is 45.8 Å². The third kappa shape index (κ3) is 2.66. The van der Waals surface area contributed by atoms with Crippen molar-refractivity contribution in [2.45, 2.75) is 38.5 Å². The Hall–Kier alpha value is -2.02. The summed E-state index contributed by atoms with van der Waals surface area (Å²) in [6, 6.07) is 5.78. The van der Waals surface area contributed by atoms with Crippen LogP contribution in [0.1, 0.15) is 34.5 Å². The van der Waals surface area contributed by atoms with E-state index < -0.39 is 24.6 Å². The zero-order valence-corrected chi connectivity index (χ0v) is 13.5. The molecule has 1 aliphatic heterocycles. The minimum absolute atomic E-state index is 0.122. The molecule has 2 heterocycles. The number of fused-ring (bicyclic) bond motifs is 1. The van der Waals surface area contributed by atoms with E-state index in [4.69, 9.17) is 0 Å². The zero-order chi connectivity index (χ0) is 17.7. The van der Waals surface area contributed by atoms with Gasteiger partial charge in [-0.2, -0.15) is 13.2 Å². The van der Waals surface area contributed by atoms with Crippen LogP contribution in [0.25, 0.3) is 10.9 Å². The number of carbonyl (C=O) groups excluding carboxylic acids is 1. The molecule has 0 radical (unpaired) electrons. The normalized spacial score (nSPS) is 18.2. The predicted molar refractivity (Wildman–Crippen MR) is 83.9 cm³/mol. The van der Waals surface area contributed by atoms with E-state index in [1.807, 2.05) is 32.0 Å². The zero-order valence-electron chi connectivity index (χ0n) is 13.5. The van der Waals surface area contributed by atoms with Gasteiger partial charge in [0.2, 0.25) is 0 Å². The third-order valence-corrected chi connectivity index (χ3v) is 4.83. The molecular formula is C17H19F3N2O2. The summed E-state index contributed by atoms with van der Waals surface area (Å²) in [6.07, 6.45) is -5.67. The highest BCUT2D eigenvalue weighted by molar-refractivity contribution is 6.01. The number of amides is 1. The van der Waals surface area contributed by atoms with Crippen molar-refractivity contribution in [3.05, 3.63) is 35.0 Å². The van der Waals surface area contributed by atoms with E-state index in [2.05, 4.69) is 4.98 Å². The van der Waals surface area contributed by atoms with Crippen molar-refractivity contribution in [2.75, 3.05) is 13.1 Å². The van der Waals surface area contributed by atoms with Crippen LogP contribution in [0.5, 0.6) is 0 Å². The number of halogens is 3. The second kappa shape index (κ2) is 5.51. The van der Waals surface area contributed by atoms with Gasteiger partial charge in [0, 0.05) is 36.8 Å². The molecule has 2 N–H and O–H groups in total. The Balaban J connectivity index is 1.83. The van der Waals surface area contributed by atoms with Crippen molar-refractivity contribution in [1.29, 1.82) is 0 Å². The molecule has 0 saturated carbocycles. The lowest BCUT2D eigenvalue weighted by Gasteiger charge is -2.39. The molecular weight excluding hydrogens is 321 g/mol. The standard InChI is InChI=1S/C17H19F3N2O2/c1-10-3-4-13-12(9-10)11(2)14(21-13)15(23)22-7-5-16(24,6-8-22)17(18,19)20/h3-4,9,21,24H,5-8H2,1-2H3. The molecule has 0 atom stereocenters. The Bertz CT molecular complexity index is 787. The van der Waals surface area contributed by atoms with Crippen LogP contribution in [-0.2, 0) is 0 Å². The number of nitrogens with one attached hydrogen (secondary N) is 1. The minimum Gasteiger partial charge on any atom is -0.380 e. The van der Waals surface area contributed by atoms with Gasteiger partial charge in [0.1, 0.15) is 5.69 Å². The second-order valence-electron chi connectivity index (χ2n) is 6.50. The summed E-state index contributed by atoms with van der Waals surface area (Å²) in [4.78, 5) is 17.1. The maximum absolute atomic E-state index is 12.9. The summed E-state index contributed by atoms with van der Waals surface area (Å²) < 4.78 is 38.6. The van der Waals surface area contributed by atoms with Gasteiger partial charge >= 0.3 is 6.18 Å². The van der Waals surface area contributed by atoms with Crippen molar-refractivity contribution in [3.8, 4) is 0 Å². The van der Waals surface area contributed by atoms with Crippen LogP contribution in [0, 0.1) is 13.8 Å². The summed E-state index contributed by atoms with van der Waals surface area (Å²) in [5.41, 5.74) is 0.376. The number of nitrogens with zero attached hydrogens (tertiary/aromatic N) is 1. The molecule has 1 saturated heterocycles. The molecule has 2 aromatic rings. The Morgan fingerprint density at radius 1 is 1.25 bits per heavy atom. The smallest absolute Gasteiger partial charge is 0.380 e. The van der Waals surface area contributed by atoms with Gasteiger partial charge in [-0.25, -0.2) is 0 Å². The number of hydrogen-bond donors (Lipinski definition) is 2. The largest absolute Gasteiger partial charge is 0.417 e. The highest BCUT2D eigenvalue weighted by atomic mass is 19.4. The molecule has 0 bridgehead atoms. The summed E-state index contributed by atoms with van der Waals surface area (Å²) in [5.74, 6) is -0.328. The number of carbonyl (C=O) groups is 1. The Morgan fingerprint density at radius 3 is 2.46 bits per heavy atom. The fraction of sp³-hybridized carbons (Fsp3) is 0.471. The van der Waals surface area contributed by atoms with E-state index >= 15 is 0 Å². The van der Waals surface area contributed by atoms with Crippen LogP contribution in [0.3, 0.4) is 0 Å². The molecule has 7 heteroatoms. The van der Waals surface area contributed by atoms with E-state index in [9.17, 15) is 23.1 Å². The first-order chi connectivity index (χ1) is 11.1. The average Bonchev–Trinajstić information content (AvgIpc) is 2.83. The number of likely N-dealkylation sites (tertiary alicyclic amines) is 1. The van der Waals surface area contributed by atoms with E-state index in [1.54, 1.807) is 0 Å². The van der Waals surface area contributed by atoms with Crippen LogP contribution in [0.15, 0.2) is 18.2 Å². The minimum atomic E-state index is -4.67. The molecule has 3 rings (SSSR count). The van der Waals surface area contributed by atoms with Gasteiger partial charge in [0.15, 0.2) is 5.60 Å². The maximum atomic E-state index is 12.9. The van der Waals surface area contributed by atoms with Gasteiger partial charge < -0.3 is 15.0 Å². The summed E-state index contributed by atoms with van der Waals surface area (Å²) in [5, 5.41) is 10.6. The lowest BCUT2D eigenvalue weighted by Crippen LogP contribution is -2.54. The Morgan fingerprint density at radius 2 is 1.88 bits per heavy atom. The molecule has 4 nitrogen and oxygen atoms in total. The third-order valence-electron chi connectivity index (χ3n) is 4.83. The molecule has 0 spiro atoms. The van der Waals surface area contributed by atoms with Crippen LogP contribution >= 0.6 is 0 Å². The van der Waals surface area contributed by atoms with Crippen molar-refractivity contribution < 1.29 is 23.1 Å². The number of hydrogen-bond acceptors (Lipinski definition) is 2. The topological polar surface area (TPSA) is 56.3 Å². The number of H-pyrrole nitrogens is 1. The number of aryl methyl sites for hydroxylation is 2. The van der Waals surface area contributed by atoms with Crippen molar-refractivity contribution in [1.82, 2.24) is 9.88 Å². The van der Waals surface area contributed by atoms with E-state index in [1.165, 1.54) is 4.90 Å². The predicted octanol–water partition coefficient (Wildman–Crippen LogP) is 3.31. The molecule has 24 heavy (non-hydrogen) atoms. The first-order valence-electron chi connectivity index (χ1n) is 7.80. The second-order valence-corrected chi connectivity index (χ2v) is 6.50. The van der Waals surface area contributed by atoms with Crippen LogP contribution in [0.4, 0.5) is 13.2 Å². The highest BCUT2D eigenvalue weighted by Crippen LogP contribution is 2.38. The van der Waals surface area contributed by atoms with Gasteiger partial charge in [-0.1, -0.05) is 11.6 Å². The highest BCUT2D eigenvalue weighted by Gasteiger charge is 2.55. The van der Waals surface area contributed by atoms with E-state index in [0.717, 1.165) is 22.0 Å². The number of piperidine rings is 1. The maximum Gasteiger partial charge on any atom is 0.417 e. The molecule has 1 aliphatic rings. The number of aliphatic hydroxyl groups is 1. The lowest BCUT2D eigenvalue weighted by molar-refractivity contribution is -0.271. The van der Waals surface area contributed by atoms with Gasteiger partial charge in [-0.05, 0) is 31.5 Å². The SMILES string of the molecule is Cc1ccc2[nH]c(C(=O)N3CCC(O)(C(F)(F)F)CC3)c(C)c2c1. The van der Waals surface area contributed by atoms with Gasteiger partial charge in [-0.15, -0.1) is 0 Å². The fourth-order valence-electron chi connectivity index (χ4n) is 3.18. The quantitative estimate of drug-likeness (QED) is 0.837.